The lowest BCUT2D eigenvalue weighted by Gasteiger charge is -1.97. The molecule has 1 nitrogen and oxygen atoms in total. The van der Waals surface area contributed by atoms with E-state index in [1.165, 1.54) is 29.7 Å². The van der Waals surface area contributed by atoms with E-state index in [-0.39, 0.29) is 0 Å². The van der Waals surface area contributed by atoms with Crippen LogP contribution in [0, 0.1) is 0 Å². The molecule has 0 fully saturated rings. The van der Waals surface area contributed by atoms with Gasteiger partial charge in [-0.15, -0.1) is 0 Å². The van der Waals surface area contributed by atoms with Crippen LogP contribution in [0.4, 0.5) is 0 Å². The maximum atomic E-state index is 3.73. The Bertz CT molecular complexity index is 303. The van der Waals surface area contributed by atoms with Gasteiger partial charge in [0.25, 0.3) is 0 Å². The van der Waals surface area contributed by atoms with E-state index in [9.17, 15) is 0 Å². The molecule has 0 aromatic carbocycles. The first-order chi connectivity index (χ1) is 8.21. The zero-order chi connectivity index (χ0) is 13.7. The topological polar surface area (TPSA) is 15.8 Å². The molecule has 0 unspecified atom stereocenters. The van der Waals surface area contributed by atoms with Crippen molar-refractivity contribution in [2.45, 2.75) is 54.4 Å². The molecule has 0 aliphatic carbocycles. The molecule has 1 heteroatoms. The first-order valence-electron chi connectivity index (χ1n) is 6.64. The summed E-state index contributed by atoms with van der Waals surface area (Å²) in [6, 6.07) is 2.02. The van der Waals surface area contributed by atoms with Crippen molar-refractivity contribution in [1.29, 1.82) is 0 Å². The molecule has 1 heterocycles. The minimum absolute atomic E-state index is 1.17. The molecule has 0 aliphatic heterocycles. The largest absolute Gasteiger partial charge is 0.361 e. The predicted molar refractivity (Wildman–Crippen MR) is 82.1 cm³/mol. The van der Waals surface area contributed by atoms with Crippen LogP contribution in [-0.2, 0) is 0 Å². The third kappa shape index (κ3) is 7.62. The molecule has 0 saturated heterocycles. The monoisotopic (exact) mass is 235 g/mol. The molecule has 1 N–H and O–H groups in total. The quantitative estimate of drug-likeness (QED) is 0.670. The van der Waals surface area contributed by atoms with E-state index in [2.05, 4.69) is 38.4 Å². The van der Waals surface area contributed by atoms with Crippen molar-refractivity contribution in [3.05, 3.63) is 36.2 Å². The van der Waals surface area contributed by atoms with Gasteiger partial charge in [0.1, 0.15) is 0 Å². The van der Waals surface area contributed by atoms with Gasteiger partial charge >= 0.3 is 0 Å². The van der Waals surface area contributed by atoms with E-state index >= 15 is 0 Å². The van der Waals surface area contributed by atoms with Crippen molar-refractivity contribution >= 4 is 11.6 Å². The Morgan fingerprint density at radius 3 is 2.18 bits per heavy atom. The zero-order valence-corrected chi connectivity index (χ0v) is 12.4. The van der Waals surface area contributed by atoms with Crippen molar-refractivity contribution in [3.63, 3.8) is 0 Å². The van der Waals surface area contributed by atoms with Gasteiger partial charge in [0.05, 0.1) is 0 Å². The van der Waals surface area contributed by atoms with Crippen LogP contribution < -0.4 is 0 Å². The third-order valence-corrected chi connectivity index (χ3v) is 2.33. The van der Waals surface area contributed by atoms with Gasteiger partial charge in [0, 0.05) is 11.9 Å². The SMILES string of the molecule is C=Cc1cc[nH]c1/C(C)=C\C.CC.CCCC. The smallest absolute Gasteiger partial charge is 0.0480 e. The molecular weight excluding hydrogens is 206 g/mol. The number of nitrogens with one attached hydrogen (secondary N) is 1. The molecule has 1 aromatic heterocycles. The number of rotatable bonds is 3. The predicted octanol–water partition coefficient (Wildman–Crippen LogP) is 5.91. The Morgan fingerprint density at radius 1 is 1.29 bits per heavy atom. The first kappa shape index (κ1) is 18.1. The highest BCUT2D eigenvalue weighted by Crippen LogP contribution is 2.17. The zero-order valence-electron chi connectivity index (χ0n) is 12.4. The number of unbranched alkanes of at least 4 members (excludes halogenated alkanes) is 1. The van der Waals surface area contributed by atoms with E-state index in [0.29, 0.717) is 0 Å². The first-order valence-corrected chi connectivity index (χ1v) is 6.64. The standard InChI is InChI=1S/C10H13N.C4H10.C2H6/c1-4-8(3)10-9(5-2)6-7-11-10;1-3-4-2;1-2/h4-7,11H,2H2,1,3H3;3-4H2,1-2H3;1-2H3/b8-4-;;. The summed E-state index contributed by atoms with van der Waals surface area (Å²) in [5.74, 6) is 0. The average molecular weight is 235 g/mol. The van der Waals surface area contributed by atoms with Gasteiger partial charge in [-0.2, -0.15) is 0 Å². The van der Waals surface area contributed by atoms with E-state index in [4.69, 9.17) is 0 Å². The van der Waals surface area contributed by atoms with Crippen molar-refractivity contribution in [2.24, 2.45) is 0 Å². The van der Waals surface area contributed by atoms with Gasteiger partial charge in [0.15, 0.2) is 0 Å². The summed E-state index contributed by atoms with van der Waals surface area (Å²) in [7, 11) is 0. The maximum absolute atomic E-state index is 3.73. The second-order valence-electron chi connectivity index (χ2n) is 3.48. The molecule has 1 rings (SSSR count). The van der Waals surface area contributed by atoms with Crippen molar-refractivity contribution in [2.75, 3.05) is 0 Å². The van der Waals surface area contributed by atoms with Crippen LogP contribution in [0.2, 0.25) is 0 Å². The van der Waals surface area contributed by atoms with Crippen LogP contribution in [0.1, 0.15) is 65.6 Å². The van der Waals surface area contributed by atoms with Crippen LogP contribution in [0.15, 0.2) is 24.9 Å². The van der Waals surface area contributed by atoms with E-state index < -0.39 is 0 Å². The van der Waals surface area contributed by atoms with Gasteiger partial charge in [-0.25, -0.2) is 0 Å². The normalized spacial score (nSPS) is 9.65. The molecule has 0 spiro atoms. The molecule has 1 aromatic rings. The number of allylic oxidation sites excluding steroid dienone is 2. The molecule has 0 saturated carbocycles. The summed E-state index contributed by atoms with van der Waals surface area (Å²) in [6.45, 7) is 16.2. The number of hydrogen-bond acceptors (Lipinski definition) is 0. The highest BCUT2D eigenvalue weighted by Gasteiger charge is 1.99. The number of aromatic nitrogens is 1. The molecule has 0 radical (unpaired) electrons. The summed E-state index contributed by atoms with van der Waals surface area (Å²) in [6.07, 6.45) is 8.51. The van der Waals surface area contributed by atoms with Gasteiger partial charge in [-0.05, 0) is 31.1 Å². The van der Waals surface area contributed by atoms with Crippen LogP contribution in [0.5, 0.6) is 0 Å². The minimum Gasteiger partial charge on any atom is -0.361 e. The van der Waals surface area contributed by atoms with Gasteiger partial charge in [-0.1, -0.05) is 59.3 Å². The van der Waals surface area contributed by atoms with Gasteiger partial charge < -0.3 is 4.98 Å². The maximum Gasteiger partial charge on any atom is 0.0480 e. The summed E-state index contributed by atoms with van der Waals surface area (Å²) in [5, 5.41) is 0. The molecule has 0 bridgehead atoms. The Labute approximate surface area is 108 Å². The Balaban J connectivity index is 0. The second kappa shape index (κ2) is 12.8. The van der Waals surface area contributed by atoms with Crippen molar-refractivity contribution in [3.8, 4) is 0 Å². The third-order valence-electron chi connectivity index (χ3n) is 2.33. The Hall–Kier alpha value is -1.24. The van der Waals surface area contributed by atoms with Crippen LogP contribution >= 0.6 is 0 Å². The van der Waals surface area contributed by atoms with E-state index in [1.54, 1.807) is 0 Å². The fraction of sp³-hybridized carbons (Fsp3) is 0.500. The van der Waals surface area contributed by atoms with Gasteiger partial charge in [-0.3, -0.25) is 0 Å². The molecule has 98 valence electrons. The number of hydrogen-bond donors (Lipinski definition) is 1. The molecule has 0 atom stereocenters. The summed E-state index contributed by atoms with van der Waals surface area (Å²) in [4.78, 5) is 3.17. The van der Waals surface area contributed by atoms with Gasteiger partial charge in [0.2, 0.25) is 0 Å². The molecular formula is C16H29N. The van der Waals surface area contributed by atoms with Crippen LogP contribution in [0.3, 0.4) is 0 Å². The molecule has 17 heavy (non-hydrogen) atoms. The molecule has 0 aliphatic rings. The molecule has 0 amide bonds. The number of H-pyrrole nitrogens is 1. The fourth-order valence-electron chi connectivity index (χ4n) is 1.04. The minimum atomic E-state index is 1.17. The Kier molecular flexibility index (Phi) is 13.7. The highest BCUT2D eigenvalue weighted by atomic mass is 14.7. The number of aromatic amines is 1. The second-order valence-corrected chi connectivity index (χ2v) is 3.48. The van der Waals surface area contributed by atoms with Crippen LogP contribution in [0.25, 0.3) is 11.6 Å². The van der Waals surface area contributed by atoms with Crippen molar-refractivity contribution in [1.82, 2.24) is 4.98 Å². The van der Waals surface area contributed by atoms with Crippen molar-refractivity contribution < 1.29 is 0 Å². The lowest BCUT2D eigenvalue weighted by atomic mass is 10.1. The average Bonchev–Trinajstić information content (AvgIpc) is 2.88. The summed E-state index contributed by atoms with van der Waals surface area (Å²) >= 11 is 0. The van der Waals surface area contributed by atoms with E-state index in [1.807, 2.05) is 39.1 Å². The summed E-state index contributed by atoms with van der Waals surface area (Å²) in [5.41, 5.74) is 3.59. The fourth-order valence-corrected chi connectivity index (χ4v) is 1.04. The van der Waals surface area contributed by atoms with E-state index in [0.717, 1.165) is 0 Å². The lowest BCUT2D eigenvalue weighted by molar-refractivity contribution is 0.886. The highest BCUT2D eigenvalue weighted by molar-refractivity contribution is 5.69. The summed E-state index contributed by atoms with van der Waals surface area (Å²) < 4.78 is 0. The van der Waals surface area contributed by atoms with Crippen LogP contribution in [-0.4, -0.2) is 4.98 Å². The Morgan fingerprint density at radius 2 is 1.82 bits per heavy atom. The lowest BCUT2D eigenvalue weighted by Crippen LogP contribution is -1.80.